The lowest BCUT2D eigenvalue weighted by Crippen LogP contribution is -2.12. The lowest BCUT2D eigenvalue weighted by atomic mass is 9.89. The Kier molecular flexibility index (Phi) is 2.54. The fourth-order valence-corrected chi connectivity index (χ4v) is 1.94. The molecule has 0 aliphatic rings. The molecule has 0 fully saturated rings. The van der Waals surface area contributed by atoms with Gasteiger partial charge in [-0.3, -0.25) is 0 Å². The van der Waals surface area contributed by atoms with Crippen LogP contribution in [-0.4, -0.2) is 4.37 Å². The summed E-state index contributed by atoms with van der Waals surface area (Å²) in [7, 11) is 0. The van der Waals surface area contributed by atoms with Gasteiger partial charge in [-0.2, -0.15) is 4.37 Å². The Morgan fingerprint density at radius 1 is 1.00 bits per heavy atom. The number of rotatable bonds is 0. The van der Waals surface area contributed by atoms with Gasteiger partial charge in [-0.1, -0.05) is 41.5 Å². The van der Waals surface area contributed by atoms with E-state index in [0.29, 0.717) is 0 Å². The lowest BCUT2D eigenvalue weighted by Gasteiger charge is -2.16. The van der Waals surface area contributed by atoms with Gasteiger partial charge in [0.2, 0.25) is 0 Å². The Labute approximate surface area is 85.4 Å². The first-order valence-electron chi connectivity index (χ1n) is 4.69. The molecule has 0 aliphatic carbocycles. The molecule has 74 valence electrons. The Hall–Kier alpha value is -0.370. The smallest absolute Gasteiger partial charge is 0.0598 e. The van der Waals surface area contributed by atoms with E-state index < -0.39 is 0 Å². The predicted molar refractivity (Wildman–Crippen MR) is 59.5 cm³/mol. The molecule has 0 radical (unpaired) electrons. The third-order valence-electron chi connectivity index (χ3n) is 2.02. The molecule has 0 bridgehead atoms. The maximum Gasteiger partial charge on any atom is 0.0598 e. The van der Waals surface area contributed by atoms with Gasteiger partial charge in [0.25, 0.3) is 0 Å². The minimum absolute atomic E-state index is 0.181. The van der Waals surface area contributed by atoms with Crippen molar-refractivity contribution in [1.29, 1.82) is 0 Å². The standard InChI is InChI=1S/C11H19NS/c1-10(2,3)8-7-9(13-12-8)11(4,5)6/h7H,1-6H3. The molecule has 1 rings (SSSR count). The second kappa shape index (κ2) is 3.09. The third-order valence-corrected chi connectivity index (χ3v) is 3.23. The number of nitrogens with zero attached hydrogens (tertiary/aromatic N) is 1. The van der Waals surface area contributed by atoms with Gasteiger partial charge >= 0.3 is 0 Å². The summed E-state index contributed by atoms with van der Waals surface area (Å²) in [5, 5.41) is 0. The van der Waals surface area contributed by atoms with Crippen molar-refractivity contribution in [3.05, 3.63) is 16.6 Å². The van der Waals surface area contributed by atoms with Crippen molar-refractivity contribution in [1.82, 2.24) is 4.37 Å². The number of aromatic nitrogens is 1. The molecular formula is C11H19NS. The molecule has 0 amide bonds. The monoisotopic (exact) mass is 197 g/mol. The van der Waals surface area contributed by atoms with Gasteiger partial charge in [0.15, 0.2) is 0 Å². The second-order valence-electron chi connectivity index (χ2n) is 5.58. The van der Waals surface area contributed by atoms with E-state index in [0.717, 1.165) is 0 Å². The summed E-state index contributed by atoms with van der Waals surface area (Å²) in [5.41, 5.74) is 1.63. The third kappa shape index (κ3) is 2.53. The van der Waals surface area contributed by atoms with Gasteiger partial charge in [0.1, 0.15) is 0 Å². The van der Waals surface area contributed by atoms with Crippen molar-refractivity contribution in [2.24, 2.45) is 0 Å². The maximum atomic E-state index is 4.50. The zero-order chi connectivity index (χ0) is 10.3. The number of hydrogen-bond acceptors (Lipinski definition) is 2. The van der Waals surface area contributed by atoms with Gasteiger partial charge in [-0.05, 0) is 23.0 Å². The van der Waals surface area contributed by atoms with E-state index in [1.165, 1.54) is 10.6 Å². The van der Waals surface area contributed by atoms with Crippen molar-refractivity contribution >= 4 is 11.5 Å². The highest BCUT2D eigenvalue weighted by Gasteiger charge is 2.22. The summed E-state index contributed by atoms with van der Waals surface area (Å²) < 4.78 is 4.50. The van der Waals surface area contributed by atoms with Gasteiger partial charge in [0.05, 0.1) is 5.69 Å². The number of hydrogen-bond donors (Lipinski definition) is 0. The van der Waals surface area contributed by atoms with Crippen LogP contribution in [0.25, 0.3) is 0 Å². The topological polar surface area (TPSA) is 12.9 Å². The van der Waals surface area contributed by atoms with E-state index >= 15 is 0 Å². The fourth-order valence-electron chi connectivity index (χ4n) is 0.982. The molecule has 0 aromatic carbocycles. The van der Waals surface area contributed by atoms with Crippen LogP contribution in [0.3, 0.4) is 0 Å². The van der Waals surface area contributed by atoms with Crippen LogP contribution < -0.4 is 0 Å². The largest absolute Gasteiger partial charge is 0.197 e. The molecule has 0 N–H and O–H groups in total. The molecule has 0 saturated heterocycles. The molecule has 1 nitrogen and oxygen atoms in total. The first-order chi connectivity index (χ1) is 5.71. The Bertz CT molecular complexity index is 257. The van der Waals surface area contributed by atoms with E-state index in [9.17, 15) is 0 Å². The molecule has 0 saturated carbocycles. The summed E-state index contributed by atoms with van der Waals surface area (Å²) in [6.07, 6.45) is 0. The fraction of sp³-hybridized carbons (Fsp3) is 0.727. The molecule has 1 heterocycles. The highest BCUT2D eigenvalue weighted by atomic mass is 32.1. The maximum absolute atomic E-state index is 4.50. The van der Waals surface area contributed by atoms with Crippen LogP contribution >= 0.6 is 11.5 Å². The molecule has 0 unspecified atom stereocenters. The van der Waals surface area contributed by atoms with Crippen LogP contribution in [0.2, 0.25) is 0 Å². The Balaban J connectivity index is 3.01. The van der Waals surface area contributed by atoms with Gasteiger partial charge in [-0.25, -0.2) is 0 Å². The normalized spacial score (nSPS) is 13.4. The quantitative estimate of drug-likeness (QED) is 0.617. The van der Waals surface area contributed by atoms with E-state index in [-0.39, 0.29) is 10.8 Å². The molecule has 0 spiro atoms. The van der Waals surface area contributed by atoms with Crippen molar-refractivity contribution < 1.29 is 0 Å². The van der Waals surface area contributed by atoms with Crippen molar-refractivity contribution in [2.45, 2.75) is 52.4 Å². The van der Waals surface area contributed by atoms with Crippen LogP contribution in [0.4, 0.5) is 0 Å². The summed E-state index contributed by atoms with van der Waals surface area (Å²) in [4.78, 5) is 1.37. The minimum atomic E-state index is 0.181. The molecule has 0 aliphatic heterocycles. The van der Waals surface area contributed by atoms with E-state index in [1.807, 2.05) is 0 Å². The van der Waals surface area contributed by atoms with Gasteiger partial charge in [-0.15, -0.1) is 0 Å². The van der Waals surface area contributed by atoms with Crippen molar-refractivity contribution in [3.63, 3.8) is 0 Å². The summed E-state index contributed by atoms with van der Waals surface area (Å²) in [5.74, 6) is 0. The van der Waals surface area contributed by atoms with Crippen LogP contribution in [0, 0.1) is 0 Å². The summed E-state index contributed by atoms with van der Waals surface area (Å²) in [6, 6.07) is 2.24. The Morgan fingerprint density at radius 3 is 1.77 bits per heavy atom. The minimum Gasteiger partial charge on any atom is -0.197 e. The lowest BCUT2D eigenvalue weighted by molar-refractivity contribution is 0.569. The second-order valence-corrected chi connectivity index (χ2v) is 6.38. The zero-order valence-electron chi connectivity index (χ0n) is 9.43. The molecular weight excluding hydrogens is 178 g/mol. The zero-order valence-corrected chi connectivity index (χ0v) is 10.2. The average Bonchev–Trinajstić information content (AvgIpc) is 2.28. The molecule has 0 atom stereocenters. The SMILES string of the molecule is CC(C)(C)c1cc(C(C)(C)C)sn1. The highest BCUT2D eigenvalue weighted by molar-refractivity contribution is 7.06. The van der Waals surface area contributed by atoms with Crippen LogP contribution in [-0.2, 0) is 10.8 Å². The van der Waals surface area contributed by atoms with E-state index in [1.54, 1.807) is 11.5 Å². The first-order valence-corrected chi connectivity index (χ1v) is 5.46. The molecule has 13 heavy (non-hydrogen) atoms. The van der Waals surface area contributed by atoms with Crippen LogP contribution in [0.1, 0.15) is 52.1 Å². The van der Waals surface area contributed by atoms with Crippen LogP contribution in [0.15, 0.2) is 6.07 Å². The van der Waals surface area contributed by atoms with E-state index in [2.05, 4.69) is 52.0 Å². The predicted octanol–water partition coefficient (Wildman–Crippen LogP) is 3.74. The van der Waals surface area contributed by atoms with Gasteiger partial charge < -0.3 is 0 Å². The molecule has 1 aromatic rings. The highest BCUT2D eigenvalue weighted by Crippen LogP contribution is 2.31. The van der Waals surface area contributed by atoms with Crippen molar-refractivity contribution in [3.8, 4) is 0 Å². The average molecular weight is 197 g/mol. The molecule has 2 heteroatoms. The molecule has 1 aromatic heterocycles. The summed E-state index contributed by atoms with van der Waals surface area (Å²) >= 11 is 1.63. The first kappa shape index (κ1) is 10.7. The van der Waals surface area contributed by atoms with E-state index in [4.69, 9.17) is 0 Å². The van der Waals surface area contributed by atoms with Gasteiger partial charge in [0, 0.05) is 10.3 Å². The summed E-state index contributed by atoms with van der Waals surface area (Å²) in [6.45, 7) is 13.3. The van der Waals surface area contributed by atoms with Crippen molar-refractivity contribution in [2.75, 3.05) is 0 Å². The Morgan fingerprint density at radius 2 is 1.54 bits per heavy atom. The van der Waals surface area contributed by atoms with Crippen LogP contribution in [0.5, 0.6) is 0 Å².